The van der Waals surface area contributed by atoms with Gasteiger partial charge in [0.2, 0.25) is 6.41 Å². The molecule has 5 heterocycles. The number of H-pyrrole nitrogens is 1. The molecule has 5 rings (SSSR count). The van der Waals surface area contributed by atoms with Crippen LogP contribution in [0.1, 0.15) is 16.1 Å². The first-order chi connectivity index (χ1) is 15.0. The molecule has 0 aliphatic carbocycles. The van der Waals surface area contributed by atoms with E-state index in [9.17, 15) is 0 Å². The smallest absolute Gasteiger partial charge is 0.218 e. The number of aromatic amines is 1. The maximum atomic E-state index is 6.01. The highest BCUT2D eigenvalue weighted by atomic mass is 32.1. The summed E-state index contributed by atoms with van der Waals surface area (Å²) in [7, 11) is 1.70. The van der Waals surface area contributed by atoms with Crippen molar-refractivity contribution in [2.45, 2.75) is 33.3 Å². The van der Waals surface area contributed by atoms with Gasteiger partial charge >= 0.3 is 0 Å². The number of methoxy groups -OCH3 is 1. The van der Waals surface area contributed by atoms with Crippen LogP contribution in [-0.2, 0) is 14.2 Å². The van der Waals surface area contributed by atoms with Crippen LogP contribution in [0.3, 0.4) is 0 Å². The number of fused-ring (bicyclic) bond motifs is 1. The Hall–Kier alpha value is -2.04. The zero-order valence-electron chi connectivity index (χ0n) is 18.5. The largest absolute Gasteiger partial charge is 0.376 e. The van der Waals surface area contributed by atoms with Gasteiger partial charge in [-0.2, -0.15) is 0 Å². The summed E-state index contributed by atoms with van der Waals surface area (Å²) in [6, 6.07) is 2.12. The zero-order valence-corrected chi connectivity index (χ0v) is 19.3. The predicted octanol–water partition coefficient (Wildman–Crippen LogP) is 3.08. The average Bonchev–Trinajstić information content (AvgIpc) is 3.26. The Bertz CT molecular complexity index is 1050. The molecule has 1 unspecified atom stereocenters. The second-order valence-electron chi connectivity index (χ2n) is 8.20. The lowest BCUT2D eigenvalue weighted by Gasteiger charge is -2.41. The van der Waals surface area contributed by atoms with E-state index < -0.39 is 0 Å². The standard InChI is InChI=1S/C22H29N5O3S/c1-13-18-17(5-6-23-20(18)25-19(13)21-24-14(2)15(3)31-21)26-7-9-27(10-8-26)22(28-4)30-16-11-29-12-16/h5-6,16,22H,7-12H2,1-4H3,(H,23,25). The number of rotatable bonds is 6. The molecule has 0 bridgehead atoms. The average molecular weight is 444 g/mol. The Morgan fingerprint density at radius 2 is 1.97 bits per heavy atom. The van der Waals surface area contributed by atoms with Crippen LogP contribution >= 0.6 is 11.3 Å². The van der Waals surface area contributed by atoms with Crippen LogP contribution in [0.5, 0.6) is 0 Å². The van der Waals surface area contributed by atoms with Gasteiger partial charge in [-0.25, -0.2) is 9.97 Å². The van der Waals surface area contributed by atoms with Crippen molar-refractivity contribution in [1.29, 1.82) is 0 Å². The van der Waals surface area contributed by atoms with Crippen LogP contribution < -0.4 is 4.90 Å². The summed E-state index contributed by atoms with van der Waals surface area (Å²) >= 11 is 1.73. The van der Waals surface area contributed by atoms with Crippen LogP contribution in [0.25, 0.3) is 21.7 Å². The molecule has 0 spiro atoms. The summed E-state index contributed by atoms with van der Waals surface area (Å²) in [5.41, 5.74) is 5.51. The molecule has 9 heteroatoms. The monoisotopic (exact) mass is 443 g/mol. The van der Waals surface area contributed by atoms with Crippen LogP contribution in [0.15, 0.2) is 12.3 Å². The van der Waals surface area contributed by atoms with Crippen LogP contribution in [-0.4, -0.2) is 78.9 Å². The summed E-state index contributed by atoms with van der Waals surface area (Å²) in [4.78, 5) is 18.8. The van der Waals surface area contributed by atoms with E-state index in [2.05, 4.69) is 46.6 Å². The van der Waals surface area contributed by atoms with E-state index in [0.29, 0.717) is 13.2 Å². The molecule has 8 nitrogen and oxygen atoms in total. The van der Waals surface area contributed by atoms with Gasteiger partial charge in [-0.1, -0.05) is 0 Å². The Morgan fingerprint density at radius 3 is 2.58 bits per heavy atom. The van der Waals surface area contributed by atoms with Crippen molar-refractivity contribution in [3.8, 4) is 10.7 Å². The van der Waals surface area contributed by atoms with Crippen molar-refractivity contribution < 1.29 is 14.2 Å². The highest BCUT2D eigenvalue weighted by molar-refractivity contribution is 7.15. The van der Waals surface area contributed by atoms with Gasteiger partial charge in [0.1, 0.15) is 16.8 Å². The third kappa shape index (κ3) is 3.85. The van der Waals surface area contributed by atoms with Crippen molar-refractivity contribution in [2.24, 2.45) is 0 Å². The van der Waals surface area contributed by atoms with E-state index in [1.807, 2.05) is 6.20 Å². The van der Waals surface area contributed by atoms with Crippen LogP contribution in [0.4, 0.5) is 5.69 Å². The molecular formula is C22H29N5O3S. The Labute approximate surface area is 186 Å². The van der Waals surface area contributed by atoms with E-state index in [1.54, 1.807) is 18.4 Å². The van der Waals surface area contributed by atoms with Gasteiger partial charge < -0.3 is 24.1 Å². The van der Waals surface area contributed by atoms with E-state index in [1.165, 1.54) is 21.5 Å². The number of thiazole rings is 1. The number of pyridine rings is 1. The third-order valence-corrected chi connectivity index (χ3v) is 7.33. The number of aryl methyl sites for hydroxylation is 3. The maximum Gasteiger partial charge on any atom is 0.218 e. The van der Waals surface area contributed by atoms with Gasteiger partial charge in [0.15, 0.2) is 0 Å². The number of aromatic nitrogens is 3. The minimum atomic E-state index is -0.314. The van der Waals surface area contributed by atoms with Crippen LogP contribution in [0.2, 0.25) is 0 Å². The van der Waals surface area contributed by atoms with Crippen molar-refractivity contribution >= 4 is 28.1 Å². The van der Waals surface area contributed by atoms with Crippen molar-refractivity contribution in [3.05, 3.63) is 28.4 Å². The molecule has 1 atom stereocenters. The summed E-state index contributed by atoms with van der Waals surface area (Å²) in [6.07, 6.45) is 1.71. The highest BCUT2D eigenvalue weighted by Crippen LogP contribution is 2.37. The van der Waals surface area contributed by atoms with E-state index in [0.717, 1.165) is 48.2 Å². The fraction of sp³-hybridized carbons (Fsp3) is 0.545. The van der Waals surface area contributed by atoms with Gasteiger partial charge in [-0.15, -0.1) is 11.3 Å². The van der Waals surface area contributed by atoms with Crippen LogP contribution in [0, 0.1) is 20.8 Å². The van der Waals surface area contributed by atoms with E-state index in [-0.39, 0.29) is 12.5 Å². The molecule has 3 aromatic heterocycles. The molecule has 2 aliphatic rings. The number of nitrogens with zero attached hydrogens (tertiary/aromatic N) is 4. The second kappa shape index (κ2) is 8.48. The molecule has 31 heavy (non-hydrogen) atoms. The Morgan fingerprint density at radius 1 is 1.19 bits per heavy atom. The lowest BCUT2D eigenvalue weighted by Crippen LogP contribution is -2.54. The minimum Gasteiger partial charge on any atom is -0.376 e. The maximum absolute atomic E-state index is 6.01. The fourth-order valence-electron chi connectivity index (χ4n) is 4.23. The first kappa shape index (κ1) is 20.8. The Kier molecular flexibility index (Phi) is 5.70. The normalized spacial score (nSPS) is 19.2. The second-order valence-corrected chi connectivity index (χ2v) is 9.40. The first-order valence-electron chi connectivity index (χ1n) is 10.7. The van der Waals surface area contributed by atoms with Crippen molar-refractivity contribution in [1.82, 2.24) is 19.9 Å². The zero-order chi connectivity index (χ0) is 21.5. The van der Waals surface area contributed by atoms with Gasteiger partial charge in [-0.3, -0.25) is 4.90 Å². The fourth-order valence-corrected chi connectivity index (χ4v) is 5.20. The predicted molar refractivity (Wildman–Crippen MR) is 122 cm³/mol. The number of nitrogens with one attached hydrogen (secondary N) is 1. The summed E-state index contributed by atoms with van der Waals surface area (Å²) in [5.74, 6) is 0. The molecule has 0 amide bonds. The number of hydrogen-bond acceptors (Lipinski definition) is 8. The lowest BCUT2D eigenvalue weighted by atomic mass is 10.1. The first-order valence-corrected chi connectivity index (χ1v) is 11.5. The molecule has 3 aromatic rings. The molecule has 0 saturated carbocycles. The van der Waals surface area contributed by atoms with Crippen molar-refractivity contribution in [3.63, 3.8) is 0 Å². The molecule has 166 valence electrons. The third-order valence-electron chi connectivity index (χ3n) is 6.24. The highest BCUT2D eigenvalue weighted by Gasteiger charge is 2.30. The van der Waals surface area contributed by atoms with Crippen molar-refractivity contribution in [2.75, 3.05) is 51.4 Å². The number of anilines is 1. The summed E-state index contributed by atoms with van der Waals surface area (Å²) < 4.78 is 16.8. The van der Waals surface area contributed by atoms with E-state index in [4.69, 9.17) is 19.2 Å². The Balaban J connectivity index is 1.37. The molecule has 2 saturated heterocycles. The molecule has 0 radical (unpaired) electrons. The minimum absolute atomic E-state index is 0.141. The lowest BCUT2D eigenvalue weighted by molar-refractivity contribution is -0.273. The number of piperazine rings is 1. The molecule has 0 aromatic carbocycles. The van der Waals surface area contributed by atoms with Gasteiger partial charge in [0.25, 0.3) is 0 Å². The topological polar surface area (TPSA) is 75.7 Å². The van der Waals surface area contributed by atoms with Gasteiger partial charge in [0.05, 0.1) is 24.6 Å². The number of ether oxygens (including phenoxy) is 3. The quantitative estimate of drug-likeness (QED) is 0.587. The molecular weight excluding hydrogens is 414 g/mol. The number of hydrogen-bond donors (Lipinski definition) is 1. The molecule has 2 aliphatic heterocycles. The van der Waals surface area contributed by atoms with E-state index >= 15 is 0 Å². The van der Waals surface area contributed by atoms with Gasteiger partial charge in [0, 0.05) is 55.4 Å². The molecule has 2 fully saturated rings. The van der Waals surface area contributed by atoms with Gasteiger partial charge in [-0.05, 0) is 32.4 Å². The summed E-state index contributed by atoms with van der Waals surface area (Å²) in [5, 5.41) is 2.21. The molecule has 1 N–H and O–H groups in total. The summed E-state index contributed by atoms with van der Waals surface area (Å²) in [6.45, 7) is 11.2. The SMILES string of the molecule is COC(OC1COC1)N1CCN(c2ccnc3[nH]c(-c4nc(C)c(C)s4)c(C)c23)CC1.